The van der Waals surface area contributed by atoms with Crippen LogP contribution in [0, 0.1) is 0 Å². The Morgan fingerprint density at radius 3 is 1.81 bits per heavy atom. The fraction of sp³-hybridized carbons (Fsp3) is 0.167. The van der Waals surface area contributed by atoms with Gasteiger partial charge in [0.15, 0.2) is 11.6 Å². The first-order chi connectivity index (χ1) is 19.7. The molecule has 0 saturated heterocycles. The van der Waals surface area contributed by atoms with Crippen molar-refractivity contribution in [2.24, 2.45) is 0 Å². The number of hydrogen-bond acceptors (Lipinski definition) is 10. The predicted octanol–water partition coefficient (Wildman–Crippen LogP) is 2.71. The fourth-order valence-electron chi connectivity index (χ4n) is 3.10. The normalized spacial score (nSPS) is 11.7. The third kappa shape index (κ3) is 7.80. The number of hydrogen-bond donors (Lipinski definition) is 2. The summed E-state index contributed by atoms with van der Waals surface area (Å²) in [7, 11) is -5.25. The Morgan fingerprint density at radius 2 is 1.36 bits per heavy atom. The SMILES string of the molecule is COc1ccc(S(=O)(=O)NCc2nc(-c3ccncc3)nn2S(=O)(=O)c2ccc(OC)cc2)cc1.O=C(O)C(F)(F)F. The van der Waals surface area contributed by atoms with E-state index in [-0.39, 0.29) is 21.4 Å². The first-order valence-electron chi connectivity index (χ1n) is 11.4. The van der Waals surface area contributed by atoms with E-state index < -0.39 is 38.7 Å². The van der Waals surface area contributed by atoms with E-state index in [4.69, 9.17) is 19.4 Å². The third-order valence-electron chi connectivity index (χ3n) is 5.20. The lowest BCUT2D eigenvalue weighted by atomic mass is 10.2. The van der Waals surface area contributed by atoms with E-state index in [0.29, 0.717) is 17.1 Å². The van der Waals surface area contributed by atoms with Crippen LogP contribution in [-0.2, 0) is 31.4 Å². The number of benzene rings is 2. The topological polar surface area (TPSA) is 180 Å². The summed E-state index contributed by atoms with van der Waals surface area (Å²) >= 11 is 0. The molecule has 2 N–H and O–H groups in total. The highest BCUT2D eigenvalue weighted by atomic mass is 32.2. The number of sulfonamides is 1. The predicted molar refractivity (Wildman–Crippen MR) is 140 cm³/mol. The van der Waals surface area contributed by atoms with Crippen molar-refractivity contribution in [3.63, 3.8) is 0 Å². The maximum absolute atomic E-state index is 13.4. The summed E-state index contributed by atoms with van der Waals surface area (Å²) in [5, 5.41) is 11.3. The van der Waals surface area contributed by atoms with Crippen LogP contribution in [0.25, 0.3) is 11.4 Å². The number of alkyl halides is 3. The third-order valence-corrected chi connectivity index (χ3v) is 8.23. The Bertz CT molecular complexity index is 1730. The quantitative estimate of drug-likeness (QED) is 0.278. The van der Waals surface area contributed by atoms with Gasteiger partial charge < -0.3 is 14.6 Å². The molecule has 0 saturated carbocycles. The molecule has 0 aliphatic rings. The molecule has 0 aliphatic heterocycles. The summed E-state index contributed by atoms with van der Waals surface area (Å²) in [6.45, 7) is -0.429. The maximum Gasteiger partial charge on any atom is 0.490 e. The second kappa shape index (κ2) is 13.0. The van der Waals surface area contributed by atoms with Crippen molar-refractivity contribution in [3.8, 4) is 22.9 Å². The van der Waals surface area contributed by atoms with Gasteiger partial charge in [0.1, 0.15) is 11.5 Å². The van der Waals surface area contributed by atoms with Crippen molar-refractivity contribution < 1.29 is 49.4 Å². The van der Waals surface area contributed by atoms with Gasteiger partial charge in [-0.3, -0.25) is 4.98 Å². The number of nitrogens with one attached hydrogen (secondary N) is 1. The Morgan fingerprint density at radius 1 is 0.881 bits per heavy atom. The Kier molecular flexibility index (Phi) is 9.87. The average Bonchev–Trinajstić information content (AvgIpc) is 3.42. The van der Waals surface area contributed by atoms with E-state index in [9.17, 15) is 30.0 Å². The van der Waals surface area contributed by atoms with Gasteiger partial charge in [0.2, 0.25) is 10.0 Å². The second-order valence-electron chi connectivity index (χ2n) is 7.91. The molecule has 13 nitrogen and oxygen atoms in total. The molecule has 0 unspecified atom stereocenters. The lowest BCUT2D eigenvalue weighted by molar-refractivity contribution is -0.192. The Labute approximate surface area is 237 Å². The van der Waals surface area contributed by atoms with Crippen molar-refractivity contribution in [2.75, 3.05) is 14.2 Å². The number of aromatic nitrogens is 4. The van der Waals surface area contributed by atoms with E-state index in [2.05, 4.69) is 19.8 Å². The summed E-state index contributed by atoms with van der Waals surface area (Å²) in [5.41, 5.74) is 0.517. The summed E-state index contributed by atoms with van der Waals surface area (Å²) in [5.74, 6) is -1.80. The largest absolute Gasteiger partial charge is 0.497 e. The molecule has 0 aliphatic carbocycles. The highest BCUT2D eigenvalue weighted by Crippen LogP contribution is 2.22. The molecule has 0 spiro atoms. The van der Waals surface area contributed by atoms with Crippen molar-refractivity contribution in [2.45, 2.75) is 22.5 Å². The van der Waals surface area contributed by atoms with E-state index in [1.54, 1.807) is 12.1 Å². The number of halogens is 3. The summed E-state index contributed by atoms with van der Waals surface area (Å²) in [6, 6.07) is 14.7. The zero-order valence-electron chi connectivity index (χ0n) is 21.7. The zero-order chi connectivity index (χ0) is 31.1. The average molecular weight is 630 g/mol. The monoisotopic (exact) mass is 629 g/mol. The van der Waals surface area contributed by atoms with Crippen LogP contribution >= 0.6 is 0 Å². The van der Waals surface area contributed by atoms with Gasteiger partial charge in [-0.05, 0) is 60.7 Å². The van der Waals surface area contributed by atoms with Crippen LogP contribution in [-0.4, -0.2) is 67.5 Å². The number of nitrogens with zero attached hydrogens (tertiary/aromatic N) is 4. The van der Waals surface area contributed by atoms with Crippen LogP contribution in [0.4, 0.5) is 13.2 Å². The van der Waals surface area contributed by atoms with Crippen molar-refractivity contribution in [3.05, 3.63) is 78.9 Å². The molecule has 42 heavy (non-hydrogen) atoms. The molecule has 0 radical (unpaired) electrons. The molecule has 2 heterocycles. The van der Waals surface area contributed by atoms with E-state index in [0.717, 1.165) is 4.09 Å². The first-order valence-corrected chi connectivity index (χ1v) is 14.3. The van der Waals surface area contributed by atoms with Crippen molar-refractivity contribution >= 4 is 26.0 Å². The lowest BCUT2D eigenvalue weighted by Crippen LogP contribution is -2.27. The Balaban J connectivity index is 0.000000616. The second-order valence-corrected chi connectivity index (χ2v) is 11.4. The summed E-state index contributed by atoms with van der Waals surface area (Å²) in [4.78, 5) is 17.1. The zero-order valence-corrected chi connectivity index (χ0v) is 23.3. The van der Waals surface area contributed by atoms with Gasteiger partial charge in [-0.25, -0.2) is 22.9 Å². The molecule has 0 atom stereocenters. The molecule has 2 aromatic carbocycles. The van der Waals surface area contributed by atoms with Gasteiger partial charge in [-0.15, -0.1) is 9.19 Å². The Hall–Kier alpha value is -4.55. The van der Waals surface area contributed by atoms with Gasteiger partial charge in [-0.2, -0.15) is 21.6 Å². The number of aliphatic carboxylic acids is 1. The molecule has 0 fully saturated rings. The maximum atomic E-state index is 13.4. The van der Waals surface area contributed by atoms with Gasteiger partial charge in [-0.1, -0.05) is 0 Å². The molecule has 2 aromatic heterocycles. The molecule has 4 rings (SSSR count). The molecule has 18 heteroatoms. The minimum Gasteiger partial charge on any atom is -0.497 e. The first kappa shape index (κ1) is 32.0. The van der Waals surface area contributed by atoms with Gasteiger partial charge in [0, 0.05) is 18.0 Å². The van der Waals surface area contributed by atoms with Crippen LogP contribution < -0.4 is 14.2 Å². The summed E-state index contributed by atoms with van der Waals surface area (Å²) < 4.78 is 97.3. The van der Waals surface area contributed by atoms with Crippen LogP contribution in [0.15, 0.2) is 82.8 Å². The molecule has 224 valence electrons. The molecule has 0 bridgehead atoms. The minimum absolute atomic E-state index is 0.0169. The number of carbonyl (C=O) groups is 1. The standard InChI is InChI=1S/C22H21N5O6S2.C2HF3O2/c1-32-17-3-7-19(8-4-17)34(28,29)24-15-21-25-22(16-11-13-23-14-12-16)26-27(21)35(30,31)20-9-5-18(33-2)6-10-20;3-2(4,5)1(6)7/h3-14,24H,15H2,1-2H3;(H,6,7). The number of rotatable bonds is 9. The molecule has 0 amide bonds. The van der Waals surface area contributed by atoms with Gasteiger partial charge in [0.25, 0.3) is 10.0 Å². The van der Waals surface area contributed by atoms with Crippen molar-refractivity contribution in [1.29, 1.82) is 0 Å². The van der Waals surface area contributed by atoms with Gasteiger partial charge in [0.05, 0.1) is 30.6 Å². The number of carboxylic acid groups (broad SMARTS) is 1. The number of methoxy groups -OCH3 is 2. The highest BCUT2D eigenvalue weighted by molar-refractivity contribution is 7.90. The number of carboxylic acids is 1. The lowest BCUT2D eigenvalue weighted by Gasteiger charge is -2.10. The van der Waals surface area contributed by atoms with Gasteiger partial charge >= 0.3 is 12.1 Å². The summed E-state index contributed by atoms with van der Waals surface area (Å²) in [6.07, 6.45) is -2.06. The smallest absolute Gasteiger partial charge is 0.490 e. The van der Waals surface area contributed by atoms with Crippen LogP contribution in [0.1, 0.15) is 5.82 Å². The van der Waals surface area contributed by atoms with Crippen LogP contribution in [0.5, 0.6) is 11.5 Å². The fourth-order valence-corrected chi connectivity index (χ4v) is 5.33. The van der Waals surface area contributed by atoms with Crippen LogP contribution in [0.3, 0.4) is 0 Å². The minimum atomic E-state index is -5.08. The molecular weight excluding hydrogens is 607 g/mol. The highest BCUT2D eigenvalue weighted by Gasteiger charge is 2.38. The van der Waals surface area contributed by atoms with E-state index in [1.165, 1.54) is 75.1 Å². The molecule has 4 aromatic rings. The number of ether oxygens (including phenoxy) is 2. The number of pyridine rings is 1. The van der Waals surface area contributed by atoms with Crippen molar-refractivity contribution in [1.82, 2.24) is 23.9 Å². The van der Waals surface area contributed by atoms with E-state index >= 15 is 0 Å². The molecular formula is C24H22F3N5O8S2. The van der Waals surface area contributed by atoms with E-state index in [1.807, 2.05) is 0 Å². The van der Waals surface area contributed by atoms with Crippen LogP contribution in [0.2, 0.25) is 0 Å².